The minimum atomic E-state index is -0.927. The standard InChI is InChI=1S/C22H28N2O4/c25-21(20-18-9-5-2-6-10-19(18)28-23-20)24(15-17-7-3-1-4-8-17)16-22(26)11-13-27-14-12-22/h1,3-4,7-8,26H,2,5-6,9-16H2. The van der Waals surface area contributed by atoms with E-state index in [0.717, 1.165) is 49.0 Å². The lowest BCUT2D eigenvalue weighted by atomic mass is 9.93. The summed E-state index contributed by atoms with van der Waals surface area (Å²) in [5.74, 6) is 0.695. The summed E-state index contributed by atoms with van der Waals surface area (Å²) in [5, 5.41) is 15.2. The van der Waals surface area contributed by atoms with E-state index in [2.05, 4.69) is 5.16 Å². The van der Waals surface area contributed by atoms with Crippen LogP contribution in [0.15, 0.2) is 34.9 Å². The number of fused-ring (bicyclic) bond motifs is 1. The molecule has 0 unspecified atom stereocenters. The number of aryl methyl sites for hydroxylation is 1. The number of hydrogen-bond acceptors (Lipinski definition) is 5. The lowest BCUT2D eigenvalue weighted by Gasteiger charge is -2.36. The van der Waals surface area contributed by atoms with Crippen LogP contribution in [0.1, 0.15) is 59.5 Å². The molecule has 0 saturated carbocycles. The van der Waals surface area contributed by atoms with Crippen LogP contribution in [-0.4, -0.2) is 46.4 Å². The first kappa shape index (κ1) is 19.2. The molecule has 150 valence electrons. The summed E-state index contributed by atoms with van der Waals surface area (Å²) in [5.41, 5.74) is 1.48. The zero-order valence-electron chi connectivity index (χ0n) is 16.2. The molecule has 1 fully saturated rings. The maximum absolute atomic E-state index is 13.5. The maximum atomic E-state index is 13.5. The van der Waals surface area contributed by atoms with Gasteiger partial charge in [0.1, 0.15) is 5.76 Å². The molecule has 1 aliphatic carbocycles. The van der Waals surface area contributed by atoms with Gasteiger partial charge < -0.3 is 19.3 Å². The van der Waals surface area contributed by atoms with Gasteiger partial charge >= 0.3 is 0 Å². The van der Waals surface area contributed by atoms with E-state index in [0.29, 0.717) is 38.3 Å². The van der Waals surface area contributed by atoms with Crippen molar-refractivity contribution in [2.75, 3.05) is 19.8 Å². The highest BCUT2D eigenvalue weighted by atomic mass is 16.5. The lowest BCUT2D eigenvalue weighted by molar-refractivity contribution is -0.0767. The van der Waals surface area contributed by atoms with Crippen molar-refractivity contribution in [2.45, 2.75) is 57.1 Å². The molecule has 1 amide bonds. The number of carbonyl (C=O) groups excluding carboxylic acids is 1. The number of amides is 1. The monoisotopic (exact) mass is 384 g/mol. The van der Waals surface area contributed by atoms with E-state index in [-0.39, 0.29) is 12.5 Å². The molecule has 0 atom stereocenters. The summed E-state index contributed by atoms with van der Waals surface area (Å²) in [7, 11) is 0. The summed E-state index contributed by atoms with van der Waals surface area (Å²) >= 11 is 0. The van der Waals surface area contributed by atoms with Gasteiger partial charge in [-0.2, -0.15) is 0 Å². The second-order valence-corrected chi connectivity index (χ2v) is 7.98. The average molecular weight is 384 g/mol. The highest BCUT2D eigenvalue weighted by Gasteiger charge is 2.35. The molecule has 1 saturated heterocycles. The Bertz CT molecular complexity index is 796. The molecule has 2 heterocycles. The van der Waals surface area contributed by atoms with E-state index < -0.39 is 5.60 Å². The van der Waals surface area contributed by atoms with Crippen molar-refractivity contribution in [3.63, 3.8) is 0 Å². The van der Waals surface area contributed by atoms with Crippen LogP contribution in [0, 0.1) is 0 Å². The largest absolute Gasteiger partial charge is 0.388 e. The van der Waals surface area contributed by atoms with Crippen LogP contribution in [0.3, 0.4) is 0 Å². The molecule has 2 aliphatic rings. The van der Waals surface area contributed by atoms with Crippen molar-refractivity contribution in [1.82, 2.24) is 10.1 Å². The Labute approximate surface area is 165 Å². The Morgan fingerprint density at radius 2 is 1.86 bits per heavy atom. The topological polar surface area (TPSA) is 75.8 Å². The van der Waals surface area contributed by atoms with Crippen molar-refractivity contribution in [2.24, 2.45) is 0 Å². The van der Waals surface area contributed by atoms with Gasteiger partial charge in [0.25, 0.3) is 5.91 Å². The maximum Gasteiger partial charge on any atom is 0.276 e. The van der Waals surface area contributed by atoms with E-state index in [1.54, 1.807) is 4.90 Å². The second kappa shape index (κ2) is 8.45. The SMILES string of the molecule is O=C(c1noc2c1CCCCC2)N(Cc1ccccc1)CC1(O)CCOCC1. The van der Waals surface area contributed by atoms with Gasteiger partial charge in [0.15, 0.2) is 5.69 Å². The number of hydrogen-bond donors (Lipinski definition) is 1. The minimum absolute atomic E-state index is 0.157. The van der Waals surface area contributed by atoms with Crippen molar-refractivity contribution in [1.29, 1.82) is 0 Å². The number of rotatable bonds is 5. The van der Waals surface area contributed by atoms with Crippen molar-refractivity contribution >= 4 is 5.91 Å². The smallest absolute Gasteiger partial charge is 0.276 e. The van der Waals surface area contributed by atoms with Gasteiger partial charge in [0.2, 0.25) is 0 Å². The van der Waals surface area contributed by atoms with Gasteiger partial charge in [-0.05, 0) is 24.8 Å². The number of nitrogens with zero attached hydrogens (tertiary/aromatic N) is 2. The van der Waals surface area contributed by atoms with E-state index >= 15 is 0 Å². The summed E-state index contributed by atoms with van der Waals surface area (Å²) in [6.45, 7) is 1.74. The Morgan fingerprint density at radius 1 is 1.11 bits per heavy atom. The summed E-state index contributed by atoms with van der Waals surface area (Å²) in [6.07, 6.45) is 6.00. The van der Waals surface area contributed by atoms with E-state index in [1.807, 2.05) is 30.3 Å². The molecule has 1 aliphatic heterocycles. The zero-order valence-corrected chi connectivity index (χ0v) is 16.2. The second-order valence-electron chi connectivity index (χ2n) is 7.98. The number of aliphatic hydroxyl groups is 1. The zero-order chi connectivity index (χ0) is 19.4. The number of carbonyl (C=O) groups is 1. The minimum Gasteiger partial charge on any atom is -0.388 e. The van der Waals surface area contributed by atoms with Gasteiger partial charge in [-0.25, -0.2) is 0 Å². The van der Waals surface area contributed by atoms with Crippen LogP contribution >= 0.6 is 0 Å². The van der Waals surface area contributed by atoms with Gasteiger partial charge in [-0.15, -0.1) is 0 Å². The quantitative estimate of drug-likeness (QED) is 0.802. The van der Waals surface area contributed by atoms with Crippen LogP contribution < -0.4 is 0 Å². The molecular weight excluding hydrogens is 356 g/mol. The van der Waals surface area contributed by atoms with Crippen LogP contribution in [0.4, 0.5) is 0 Å². The normalized spacial score (nSPS) is 18.9. The molecule has 0 spiro atoms. The predicted octanol–water partition coefficient (Wildman–Crippen LogP) is 3.13. The molecule has 0 radical (unpaired) electrons. The summed E-state index contributed by atoms with van der Waals surface area (Å²) in [4.78, 5) is 15.2. The van der Waals surface area contributed by atoms with Crippen molar-refractivity contribution < 1.29 is 19.2 Å². The molecule has 2 aromatic rings. The molecule has 1 aromatic heterocycles. The lowest BCUT2D eigenvalue weighted by Crippen LogP contribution is -2.48. The van der Waals surface area contributed by atoms with Crippen molar-refractivity contribution in [3.8, 4) is 0 Å². The molecule has 6 heteroatoms. The van der Waals surface area contributed by atoms with Crippen LogP contribution in [0.2, 0.25) is 0 Å². The average Bonchev–Trinajstić information content (AvgIpc) is 2.96. The van der Waals surface area contributed by atoms with Gasteiger partial charge in [0.05, 0.1) is 12.1 Å². The Balaban J connectivity index is 1.60. The first-order chi connectivity index (χ1) is 13.6. The first-order valence-corrected chi connectivity index (χ1v) is 10.3. The summed E-state index contributed by atoms with van der Waals surface area (Å²) < 4.78 is 10.9. The van der Waals surface area contributed by atoms with Crippen LogP contribution in [0.5, 0.6) is 0 Å². The Hall–Kier alpha value is -2.18. The van der Waals surface area contributed by atoms with E-state index in [4.69, 9.17) is 9.26 Å². The molecule has 6 nitrogen and oxygen atoms in total. The fourth-order valence-electron chi connectivity index (χ4n) is 4.15. The molecule has 28 heavy (non-hydrogen) atoms. The van der Waals surface area contributed by atoms with Crippen LogP contribution in [0.25, 0.3) is 0 Å². The Morgan fingerprint density at radius 3 is 2.64 bits per heavy atom. The third kappa shape index (κ3) is 4.28. The molecule has 4 rings (SSSR count). The van der Waals surface area contributed by atoms with E-state index in [1.165, 1.54) is 0 Å². The fraction of sp³-hybridized carbons (Fsp3) is 0.545. The molecular formula is C22H28N2O4. The summed E-state index contributed by atoms with van der Waals surface area (Å²) in [6, 6.07) is 9.88. The van der Waals surface area contributed by atoms with Gasteiger partial charge in [0, 0.05) is 44.6 Å². The van der Waals surface area contributed by atoms with Crippen molar-refractivity contribution in [3.05, 3.63) is 52.9 Å². The fourth-order valence-corrected chi connectivity index (χ4v) is 4.15. The molecule has 0 bridgehead atoms. The first-order valence-electron chi connectivity index (χ1n) is 10.3. The Kier molecular flexibility index (Phi) is 5.78. The van der Waals surface area contributed by atoms with E-state index in [9.17, 15) is 9.90 Å². The molecule has 1 aromatic carbocycles. The van der Waals surface area contributed by atoms with Crippen LogP contribution in [-0.2, 0) is 24.1 Å². The molecule has 1 N–H and O–H groups in total. The number of aromatic nitrogens is 1. The third-order valence-corrected chi connectivity index (χ3v) is 5.81. The van der Waals surface area contributed by atoms with Gasteiger partial charge in [-0.3, -0.25) is 4.79 Å². The predicted molar refractivity (Wildman–Crippen MR) is 104 cm³/mol. The highest BCUT2D eigenvalue weighted by molar-refractivity contribution is 5.94. The number of benzene rings is 1. The number of ether oxygens (including phenoxy) is 1. The highest BCUT2D eigenvalue weighted by Crippen LogP contribution is 2.27. The van der Waals surface area contributed by atoms with Gasteiger partial charge in [-0.1, -0.05) is 41.9 Å². The third-order valence-electron chi connectivity index (χ3n) is 5.81.